The van der Waals surface area contributed by atoms with Gasteiger partial charge in [0.1, 0.15) is 5.82 Å². The van der Waals surface area contributed by atoms with Gasteiger partial charge in [-0.2, -0.15) is 0 Å². The van der Waals surface area contributed by atoms with Crippen LogP contribution in [0.25, 0.3) is 0 Å². The van der Waals surface area contributed by atoms with Crippen molar-refractivity contribution in [3.05, 3.63) is 5.82 Å². The molecule has 0 fully saturated rings. The lowest BCUT2D eigenvalue weighted by atomic mass is 10.4. The zero-order valence-electron chi connectivity index (χ0n) is 9.43. The van der Waals surface area contributed by atoms with Gasteiger partial charge in [-0.15, -0.1) is 10.2 Å². The summed E-state index contributed by atoms with van der Waals surface area (Å²) in [7, 11) is 0. The zero-order valence-corrected chi connectivity index (χ0v) is 10.3. The Bertz CT molecular complexity index is 300. The Morgan fingerprint density at radius 2 is 2.20 bits per heavy atom. The van der Waals surface area contributed by atoms with Gasteiger partial charge in [0.2, 0.25) is 0 Å². The molecule has 0 amide bonds. The van der Waals surface area contributed by atoms with Crippen molar-refractivity contribution in [2.24, 2.45) is 5.73 Å². The molecule has 1 rings (SSSR count). The average molecular weight is 230 g/mol. The van der Waals surface area contributed by atoms with E-state index in [-0.39, 0.29) is 0 Å². The van der Waals surface area contributed by atoms with Crippen molar-refractivity contribution in [1.82, 2.24) is 14.8 Å². The SMILES string of the molecule is CCOCSc1nnc(CN)n1C(C)C. The number of hydrogen-bond acceptors (Lipinski definition) is 5. The van der Waals surface area contributed by atoms with Gasteiger partial charge in [-0.25, -0.2) is 0 Å². The Morgan fingerprint density at radius 3 is 2.73 bits per heavy atom. The van der Waals surface area contributed by atoms with E-state index >= 15 is 0 Å². The Kier molecular flexibility index (Phi) is 5.07. The standard InChI is InChI=1S/C9H18N4OS/c1-4-14-6-15-9-12-11-8(5-10)13(9)7(2)3/h7H,4-6,10H2,1-3H3. The molecule has 0 aliphatic rings. The second-order valence-corrected chi connectivity index (χ2v) is 4.21. The van der Waals surface area contributed by atoms with E-state index in [2.05, 4.69) is 24.0 Å². The van der Waals surface area contributed by atoms with Crippen LogP contribution >= 0.6 is 11.8 Å². The Labute approximate surface area is 94.4 Å². The first-order valence-corrected chi connectivity index (χ1v) is 6.03. The van der Waals surface area contributed by atoms with E-state index in [1.165, 1.54) is 0 Å². The predicted octanol–water partition coefficient (Wildman–Crippen LogP) is 1.40. The highest BCUT2D eigenvalue weighted by Crippen LogP contribution is 2.21. The van der Waals surface area contributed by atoms with Crippen LogP contribution in [0, 0.1) is 0 Å². The van der Waals surface area contributed by atoms with E-state index in [1.807, 2.05) is 11.5 Å². The normalized spacial score (nSPS) is 11.3. The summed E-state index contributed by atoms with van der Waals surface area (Å²) >= 11 is 1.55. The van der Waals surface area contributed by atoms with Crippen LogP contribution in [0.15, 0.2) is 5.16 Å². The largest absolute Gasteiger partial charge is 0.371 e. The first-order chi connectivity index (χ1) is 7.20. The minimum absolute atomic E-state index is 0.322. The molecule has 0 bridgehead atoms. The third-order valence-corrected chi connectivity index (χ3v) is 2.73. The van der Waals surface area contributed by atoms with Crippen LogP contribution in [0.5, 0.6) is 0 Å². The number of nitrogens with two attached hydrogens (primary N) is 1. The van der Waals surface area contributed by atoms with Gasteiger partial charge in [0.15, 0.2) is 5.16 Å². The van der Waals surface area contributed by atoms with E-state index < -0.39 is 0 Å². The molecule has 0 saturated carbocycles. The monoisotopic (exact) mass is 230 g/mol. The van der Waals surface area contributed by atoms with Gasteiger partial charge in [0.05, 0.1) is 12.5 Å². The van der Waals surface area contributed by atoms with Gasteiger partial charge in [-0.3, -0.25) is 0 Å². The molecule has 0 unspecified atom stereocenters. The molecule has 1 heterocycles. The summed E-state index contributed by atoms with van der Waals surface area (Å²) in [5.41, 5.74) is 5.59. The molecule has 0 aromatic carbocycles. The van der Waals surface area contributed by atoms with Crippen molar-refractivity contribution in [2.45, 2.75) is 38.5 Å². The summed E-state index contributed by atoms with van der Waals surface area (Å²) in [5.74, 6) is 1.43. The lowest BCUT2D eigenvalue weighted by molar-refractivity contribution is 0.199. The van der Waals surface area contributed by atoms with Crippen LogP contribution in [-0.4, -0.2) is 27.3 Å². The number of ether oxygens (including phenoxy) is 1. The van der Waals surface area contributed by atoms with Crippen LogP contribution in [0.2, 0.25) is 0 Å². The van der Waals surface area contributed by atoms with Crippen molar-refractivity contribution >= 4 is 11.8 Å². The van der Waals surface area contributed by atoms with Crippen LogP contribution in [0.4, 0.5) is 0 Å². The maximum absolute atomic E-state index is 5.59. The van der Waals surface area contributed by atoms with Crippen molar-refractivity contribution in [1.29, 1.82) is 0 Å². The van der Waals surface area contributed by atoms with Gasteiger partial charge in [0, 0.05) is 12.6 Å². The first-order valence-electron chi connectivity index (χ1n) is 5.05. The third-order valence-electron chi connectivity index (χ3n) is 1.91. The smallest absolute Gasteiger partial charge is 0.193 e. The second-order valence-electron chi connectivity index (χ2n) is 3.32. The van der Waals surface area contributed by atoms with Crippen LogP contribution in [0.1, 0.15) is 32.6 Å². The van der Waals surface area contributed by atoms with E-state index in [9.17, 15) is 0 Å². The summed E-state index contributed by atoms with van der Waals surface area (Å²) in [6.45, 7) is 7.28. The van der Waals surface area contributed by atoms with Crippen molar-refractivity contribution in [3.8, 4) is 0 Å². The molecule has 5 nitrogen and oxygen atoms in total. The fourth-order valence-corrected chi connectivity index (χ4v) is 2.15. The lowest BCUT2D eigenvalue weighted by Gasteiger charge is -2.12. The Balaban J connectivity index is 2.73. The Morgan fingerprint density at radius 1 is 1.47 bits per heavy atom. The first kappa shape index (κ1) is 12.5. The van der Waals surface area contributed by atoms with Crippen LogP contribution < -0.4 is 5.73 Å². The highest BCUT2D eigenvalue weighted by molar-refractivity contribution is 7.99. The molecule has 0 aliphatic carbocycles. The molecule has 1 aromatic heterocycles. The quantitative estimate of drug-likeness (QED) is 0.454. The number of rotatable bonds is 6. The molecule has 0 radical (unpaired) electrons. The van der Waals surface area contributed by atoms with Crippen molar-refractivity contribution in [2.75, 3.05) is 12.5 Å². The second kappa shape index (κ2) is 6.09. The topological polar surface area (TPSA) is 66.0 Å². The molecular formula is C9H18N4OS. The van der Waals surface area contributed by atoms with E-state index in [4.69, 9.17) is 10.5 Å². The summed E-state index contributed by atoms with van der Waals surface area (Å²) in [5, 5.41) is 9.02. The molecule has 0 saturated heterocycles. The highest BCUT2D eigenvalue weighted by Gasteiger charge is 2.13. The fraction of sp³-hybridized carbons (Fsp3) is 0.778. The molecule has 2 N–H and O–H groups in total. The minimum atomic E-state index is 0.322. The predicted molar refractivity (Wildman–Crippen MR) is 60.6 cm³/mol. The van der Waals surface area contributed by atoms with Crippen LogP contribution in [0.3, 0.4) is 0 Å². The zero-order chi connectivity index (χ0) is 11.3. The van der Waals surface area contributed by atoms with Gasteiger partial charge in [-0.1, -0.05) is 11.8 Å². The molecule has 1 aromatic rings. The average Bonchev–Trinajstić information content (AvgIpc) is 2.61. The molecule has 15 heavy (non-hydrogen) atoms. The van der Waals surface area contributed by atoms with Crippen LogP contribution in [-0.2, 0) is 11.3 Å². The third kappa shape index (κ3) is 3.19. The number of thioether (sulfide) groups is 1. The van der Waals surface area contributed by atoms with E-state index in [0.29, 0.717) is 25.1 Å². The molecular weight excluding hydrogens is 212 g/mol. The molecule has 6 heteroatoms. The lowest BCUT2D eigenvalue weighted by Crippen LogP contribution is -2.11. The van der Waals surface area contributed by atoms with Crippen molar-refractivity contribution in [3.63, 3.8) is 0 Å². The summed E-state index contributed by atoms with van der Waals surface area (Å²) in [6.07, 6.45) is 0. The fourth-order valence-electron chi connectivity index (χ4n) is 1.24. The minimum Gasteiger partial charge on any atom is -0.371 e. The number of nitrogens with zero attached hydrogens (tertiary/aromatic N) is 3. The van der Waals surface area contributed by atoms with Gasteiger partial charge in [-0.05, 0) is 20.8 Å². The maximum Gasteiger partial charge on any atom is 0.193 e. The maximum atomic E-state index is 5.59. The van der Waals surface area contributed by atoms with Gasteiger partial charge < -0.3 is 15.0 Å². The highest BCUT2D eigenvalue weighted by atomic mass is 32.2. The van der Waals surface area contributed by atoms with Crippen molar-refractivity contribution < 1.29 is 4.74 Å². The Hall–Kier alpha value is -0.590. The summed E-state index contributed by atoms with van der Waals surface area (Å²) in [4.78, 5) is 0. The summed E-state index contributed by atoms with van der Waals surface area (Å²) in [6, 6.07) is 0.322. The van der Waals surface area contributed by atoms with E-state index in [0.717, 1.165) is 11.0 Å². The molecule has 86 valence electrons. The molecule has 0 aliphatic heterocycles. The van der Waals surface area contributed by atoms with E-state index in [1.54, 1.807) is 11.8 Å². The number of aromatic nitrogens is 3. The summed E-state index contributed by atoms with van der Waals surface area (Å²) < 4.78 is 7.31. The number of hydrogen-bond donors (Lipinski definition) is 1. The van der Waals surface area contributed by atoms with Gasteiger partial charge in [0.25, 0.3) is 0 Å². The molecule has 0 atom stereocenters. The van der Waals surface area contributed by atoms with Gasteiger partial charge >= 0.3 is 0 Å². The molecule has 0 spiro atoms.